The van der Waals surface area contributed by atoms with E-state index < -0.39 is 4.92 Å². The normalized spacial score (nSPS) is 10.5. The molecule has 2 aromatic carbocycles. The number of nitrogens with one attached hydrogen (secondary N) is 1. The van der Waals surface area contributed by atoms with Crippen LogP contribution in [-0.4, -0.2) is 18.6 Å². The predicted molar refractivity (Wildman–Crippen MR) is 95.5 cm³/mol. The van der Waals surface area contributed by atoms with Gasteiger partial charge in [-0.1, -0.05) is 22.9 Å². The topological polar surface area (TPSA) is 73.6 Å². The largest absolute Gasteiger partial charge is 0.493 e. The van der Waals surface area contributed by atoms with E-state index in [-0.39, 0.29) is 5.69 Å². The predicted octanol–water partition coefficient (Wildman–Crippen LogP) is 4.05. The van der Waals surface area contributed by atoms with Gasteiger partial charge in [0, 0.05) is 28.7 Å². The van der Waals surface area contributed by atoms with Gasteiger partial charge in [-0.2, -0.15) is 0 Å². The van der Waals surface area contributed by atoms with Gasteiger partial charge >= 0.3 is 0 Å². The number of hydrogen-bond donors (Lipinski definition) is 1. The number of benzene rings is 2. The van der Waals surface area contributed by atoms with E-state index in [0.717, 1.165) is 22.1 Å². The first kappa shape index (κ1) is 18.2. The van der Waals surface area contributed by atoms with E-state index in [1.165, 1.54) is 12.1 Å². The Morgan fingerprint density at radius 1 is 1.21 bits per heavy atom. The van der Waals surface area contributed by atoms with E-state index in [9.17, 15) is 10.1 Å². The molecule has 24 heavy (non-hydrogen) atoms. The molecular weight excluding hydrogens is 376 g/mol. The quantitative estimate of drug-likeness (QED) is 0.539. The van der Waals surface area contributed by atoms with Crippen molar-refractivity contribution in [3.8, 4) is 11.5 Å². The Hall–Kier alpha value is -2.12. The molecule has 2 rings (SSSR count). The molecule has 1 N–H and O–H groups in total. The highest BCUT2D eigenvalue weighted by atomic mass is 79.9. The van der Waals surface area contributed by atoms with Crippen molar-refractivity contribution in [3.63, 3.8) is 0 Å². The zero-order chi connectivity index (χ0) is 17.5. The average Bonchev–Trinajstić information content (AvgIpc) is 2.59. The molecule has 0 saturated heterocycles. The van der Waals surface area contributed by atoms with Crippen LogP contribution in [0.1, 0.15) is 18.1 Å². The van der Waals surface area contributed by atoms with E-state index in [0.29, 0.717) is 24.7 Å². The number of non-ortho nitro benzene ring substituents is 1. The van der Waals surface area contributed by atoms with Crippen molar-refractivity contribution in [3.05, 3.63) is 62.1 Å². The molecular formula is C17H19BrN2O4. The molecule has 2 aromatic rings. The summed E-state index contributed by atoms with van der Waals surface area (Å²) in [6.45, 7) is 3.81. The van der Waals surface area contributed by atoms with Crippen LogP contribution in [0.25, 0.3) is 0 Å². The fourth-order valence-electron chi connectivity index (χ4n) is 2.19. The first-order valence-electron chi connectivity index (χ1n) is 7.49. The second kappa shape index (κ2) is 8.65. The Labute approximate surface area is 149 Å². The Balaban J connectivity index is 2.20. The lowest BCUT2D eigenvalue weighted by atomic mass is 10.1. The minimum absolute atomic E-state index is 0.0617. The van der Waals surface area contributed by atoms with Crippen molar-refractivity contribution in [2.75, 3.05) is 13.7 Å². The molecule has 6 nitrogen and oxygen atoms in total. The maximum atomic E-state index is 10.7. The van der Waals surface area contributed by atoms with E-state index in [4.69, 9.17) is 9.47 Å². The lowest BCUT2D eigenvalue weighted by Gasteiger charge is -2.17. The fourth-order valence-corrected chi connectivity index (χ4v) is 2.64. The van der Waals surface area contributed by atoms with Crippen molar-refractivity contribution in [1.82, 2.24) is 5.32 Å². The average molecular weight is 395 g/mol. The molecule has 0 spiro atoms. The number of halogens is 1. The van der Waals surface area contributed by atoms with Gasteiger partial charge in [0.05, 0.1) is 12.0 Å². The van der Waals surface area contributed by atoms with Gasteiger partial charge in [0.25, 0.3) is 5.69 Å². The summed E-state index contributed by atoms with van der Waals surface area (Å²) in [6, 6.07) is 10.1. The van der Waals surface area contributed by atoms with Crippen LogP contribution in [0.2, 0.25) is 0 Å². The second-order valence-corrected chi connectivity index (χ2v) is 5.90. The van der Waals surface area contributed by atoms with Crippen LogP contribution in [0.5, 0.6) is 11.5 Å². The molecule has 0 bridgehead atoms. The van der Waals surface area contributed by atoms with Crippen molar-refractivity contribution in [2.24, 2.45) is 0 Å². The minimum atomic E-state index is -0.420. The van der Waals surface area contributed by atoms with Crippen LogP contribution in [0.3, 0.4) is 0 Å². The Morgan fingerprint density at radius 3 is 2.50 bits per heavy atom. The number of nitro groups is 1. The number of hydrogen-bond acceptors (Lipinski definition) is 5. The van der Waals surface area contributed by atoms with Gasteiger partial charge < -0.3 is 14.8 Å². The molecule has 0 fully saturated rings. The molecule has 0 heterocycles. The third-order valence-corrected chi connectivity index (χ3v) is 4.21. The van der Waals surface area contributed by atoms with Gasteiger partial charge in [-0.25, -0.2) is 0 Å². The van der Waals surface area contributed by atoms with Gasteiger partial charge in [-0.05, 0) is 36.4 Å². The van der Waals surface area contributed by atoms with Gasteiger partial charge in [-0.3, -0.25) is 10.1 Å². The maximum absolute atomic E-state index is 10.7. The molecule has 0 aliphatic rings. The lowest BCUT2D eigenvalue weighted by molar-refractivity contribution is -0.384. The van der Waals surface area contributed by atoms with Crippen LogP contribution in [0.15, 0.2) is 40.9 Å². The third-order valence-electron chi connectivity index (χ3n) is 3.47. The molecule has 0 aliphatic carbocycles. The molecule has 0 atom stereocenters. The summed E-state index contributed by atoms with van der Waals surface area (Å²) in [5, 5.41) is 14.0. The zero-order valence-electron chi connectivity index (χ0n) is 13.5. The summed E-state index contributed by atoms with van der Waals surface area (Å²) in [4.78, 5) is 10.3. The van der Waals surface area contributed by atoms with Gasteiger partial charge in [0.2, 0.25) is 0 Å². The maximum Gasteiger partial charge on any atom is 0.269 e. The van der Waals surface area contributed by atoms with Crippen molar-refractivity contribution in [1.29, 1.82) is 0 Å². The molecule has 0 aliphatic heterocycles. The lowest BCUT2D eigenvalue weighted by Crippen LogP contribution is -2.14. The molecule has 128 valence electrons. The first-order valence-corrected chi connectivity index (χ1v) is 8.28. The Morgan fingerprint density at radius 2 is 1.92 bits per heavy atom. The van der Waals surface area contributed by atoms with E-state index >= 15 is 0 Å². The summed E-state index contributed by atoms with van der Waals surface area (Å²) in [5.74, 6) is 1.30. The standard InChI is InChI=1S/C17H19BrN2O4/c1-3-19-10-14-15(18)8-9-16(23-2)17(14)24-11-12-4-6-13(7-5-12)20(21)22/h4-9,19H,3,10-11H2,1-2H3. The fraction of sp³-hybridized carbons (Fsp3) is 0.294. The van der Waals surface area contributed by atoms with Crippen LogP contribution in [-0.2, 0) is 13.2 Å². The molecule has 0 radical (unpaired) electrons. The number of ether oxygens (including phenoxy) is 2. The molecule has 0 unspecified atom stereocenters. The number of methoxy groups -OCH3 is 1. The highest BCUT2D eigenvalue weighted by Gasteiger charge is 2.15. The summed E-state index contributed by atoms with van der Waals surface area (Å²) < 4.78 is 12.3. The summed E-state index contributed by atoms with van der Waals surface area (Å²) >= 11 is 3.54. The SMILES string of the molecule is CCNCc1c(Br)ccc(OC)c1OCc1ccc([N+](=O)[O-])cc1. The monoisotopic (exact) mass is 394 g/mol. The Bertz CT molecular complexity index is 704. The van der Waals surface area contributed by atoms with Gasteiger partial charge in [-0.15, -0.1) is 0 Å². The smallest absolute Gasteiger partial charge is 0.269 e. The zero-order valence-corrected chi connectivity index (χ0v) is 15.1. The number of rotatable bonds is 8. The Kier molecular flexibility index (Phi) is 6.57. The summed E-state index contributed by atoms with van der Waals surface area (Å²) in [5.41, 5.74) is 1.88. The van der Waals surface area contributed by atoms with Crippen LogP contribution in [0.4, 0.5) is 5.69 Å². The van der Waals surface area contributed by atoms with Crippen LogP contribution in [0, 0.1) is 10.1 Å². The summed E-state index contributed by atoms with van der Waals surface area (Å²) in [7, 11) is 1.60. The molecule has 0 amide bonds. The van der Waals surface area contributed by atoms with Crippen molar-refractivity contribution < 1.29 is 14.4 Å². The van der Waals surface area contributed by atoms with E-state index in [1.54, 1.807) is 19.2 Å². The first-order chi connectivity index (χ1) is 11.6. The van der Waals surface area contributed by atoms with Gasteiger partial charge in [0.15, 0.2) is 11.5 Å². The molecule has 7 heteroatoms. The van der Waals surface area contributed by atoms with E-state index in [1.807, 2.05) is 19.1 Å². The van der Waals surface area contributed by atoms with Crippen LogP contribution < -0.4 is 14.8 Å². The van der Waals surface area contributed by atoms with Crippen molar-refractivity contribution in [2.45, 2.75) is 20.1 Å². The van der Waals surface area contributed by atoms with E-state index in [2.05, 4.69) is 21.2 Å². The molecule has 0 aromatic heterocycles. The third kappa shape index (κ3) is 4.46. The number of nitro benzene ring substituents is 1. The summed E-state index contributed by atoms with van der Waals surface area (Å²) in [6.07, 6.45) is 0. The second-order valence-electron chi connectivity index (χ2n) is 5.05. The molecule has 0 saturated carbocycles. The van der Waals surface area contributed by atoms with Crippen LogP contribution >= 0.6 is 15.9 Å². The van der Waals surface area contributed by atoms with Gasteiger partial charge in [0.1, 0.15) is 6.61 Å². The van der Waals surface area contributed by atoms with Crippen molar-refractivity contribution >= 4 is 21.6 Å². The minimum Gasteiger partial charge on any atom is -0.493 e. The highest BCUT2D eigenvalue weighted by Crippen LogP contribution is 2.36. The highest BCUT2D eigenvalue weighted by molar-refractivity contribution is 9.10. The number of nitrogens with zero attached hydrogens (tertiary/aromatic N) is 1.